The van der Waals surface area contributed by atoms with Crippen molar-refractivity contribution < 1.29 is 13.2 Å². The van der Waals surface area contributed by atoms with E-state index in [4.69, 9.17) is 10.5 Å². The van der Waals surface area contributed by atoms with Crippen LogP contribution in [0.2, 0.25) is 0 Å². The summed E-state index contributed by atoms with van der Waals surface area (Å²) in [6.07, 6.45) is 4.34. The van der Waals surface area contributed by atoms with E-state index in [1.807, 2.05) is 6.92 Å². The molecule has 18 heavy (non-hydrogen) atoms. The second-order valence-electron chi connectivity index (χ2n) is 4.78. The number of rotatable bonds is 8. The molecule has 1 rings (SSSR count). The highest BCUT2D eigenvalue weighted by Crippen LogP contribution is 2.17. The summed E-state index contributed by atoms with van der Waals surface area (Å²) in [6, 6.07) is 0. The Kier molecular flexibility index (Phi) is 7.14. The highest BCUT2D eigenvalue weighted by molar-refractivity contribution is 7.89. The molecule has 6 heteroatoms. The van der Waals surface area contributed by atoms with Gasteiger partial charge in [-0.05, 0) is 32.2 Å². The molecule has 108 valence electrons. The molecule has 1 saturated heterocycles. The minimum absolute atomic E-state index is 0.203. The average Bonchev–Trinajstić information content (AvgIpc) is 2.37. The van der Waals surface area contributed by atoms with Gasteiger partial charge in [-0.1, -0.05) is 13.3 Å². The summed E-state index contributed by atoms with van der Waals surface area (Å²) in [7, 11) is -3.04. The summed E-state index contributed by atoms with van der Waals surface area (Å²) in [5.41, 5.74) is 5.40. The Labute approximate surface area is 111 Å². The number of piperidine rings is 1. The first-order valence-electron chi connectivity index (χ1n) is 6.89. The van der Waals surface area contributed by atoms with Gasteiger partial charge in [0.05, 0.1) is 11.9 Å². The van der Waals surface area contributed by atoms with Crippen molar-refractivity contribution in [1.82, 2.24) is 4.31 Å². The highest BCUT2D eigenvalue weighted by Gasteiger charge is 2.27. The van der Waals surface area contributed by atoms with E-state index >= 15 is 0 Å². The lowest BCUT2D eigenvalue weighted by Crippen LogP contribution is -2.42. The van der Waals surface area contributed by atoms with Crippen molar-refractivity contribution in [2.24, 2.45) is 5.73 Å². The molecule has 5 nitrogen and oxygen atoms in total. The molecule has 0 aliphatic carbocycles. The maximum absolute atomic E-state index is 12.0. The molecule has 1 aliphatic heterocycles. The van der Waals surface area contributed by atoms with Gasteiger partial charge < -0.3 is 10.5 Å². The zero-order valence-corrected chi connectivity index (χ0v) is 12.1. The van der Waals surface area contributed by atoms with Crippen molar-refractivity contribution in [2.75, 3.05) is 32.0 Å². The van der Waals surface area contributed by atoms with Gasteiger partial charge >= 0.3 is 0 Å². The average molecular weight is 278 g/mol. The van der Waals surface area contributed by atoms with E-state index in [1.165, 1.54) is 0 Å². The van der Waals surface area contributed by atoms with Crippen LogP contribution in [0.1, 0.15) is 39.0 Å². The molecule has 1 fully saturated rings. The number of hydrogen-bond donors (Lipinski definition) is 1. The number of sulfonamides is 1. The lowest BCUT2D eigenvalue weighted by Gasteiger charge is -2.31. The summed E-state index contributed by atoms with van der Waals surface area (Å²) in [4.78, 5) is 0. The fraction of sp³-hybridized carbons (Fsp3) is 1.00. The first-order chi connectivity index (χ1) is 8.60. The fourth-order valence-electron chi connectivity index (χ4n) is 2.07. The predicted octanol–water partition coefficient (Wildman–Crippen LogP) is 0.946. The number of ether oxygens (including phenoxy) is 1. The largest absolute Gasteiger partial charge is 0.378 e. The number of unbranched alkanes of at least 4 members (excludes halogenated alkanes) is 1. The molecule has 0 aromatic carbocycles. The molecule has 0 aromatic heterocycles. The molecule has 0 radical (unpaired) electrons. The zero-order valence-electron chi connectivity index (χ0n) is 11.3. The van der Waals surface area contributed by atoms with E-state index in [0.29, 0.717) is 26.2 Å². The zero-order chi connectivity index (χ0) is 13.4. The van der Waals surface area contributed by atoms with E-state index in [9.17, 15) is 8.42 Å². The Bertz CT molecular complexity index is 311. The molecule has 0 amide bonds. The molecule has 1 aliphatic rings. The SMILES string of the molecule is CCCCS(=O)(=O)N1CCC(OCCCN)CC1. The third-order valence-corrected chi connectivity index (χ3v) is 5.21. The van der Waals surface area contributed by atoms with Crippen LogP contribution >= 0.6 is 0 Å². The molecule has 2 N–H and O–H groups in total. The van der Waals surface area contributed by atoms with E-state index in [1.54, 1.807) is 4.31 Å². The van der Waals surface area contributed by atoms with Crippen molar-refractivity contribution in [2.45, 2.75) is 45.1 Å². The van der Waals surface area contributed by atoms with Crippen LogP contribution in [-0.2, 0) is 14.8 Å². The van der Waals surface area contributed by atoms with Gasteiger partial charge in [0, 0.05) is 19.7 Å². The Morgan fingerprint density at radius 2 is 1.94 bits per heavy atom. The second-order valence-corrected chi connectivity index (χ2v) is 6.87. The van der Waals surface area contributed by atoms with E-state index in [-0.39, 0.29) is 11.9 Å². The maximum Gasteiger partial charge on any atom is 0.214 e. The van der Waals surface area contributed by atoms with Crippen molar-refractivity contribution >= 4 is 10.0 Å². The minimum atomic E-state index is -3.04. The molecule has 0 atom stereocenters. The monoisotopic (exact) mass is 278 g/mol. The Morgan fingerprint density at radius 3 is 2.50 bits per heavy atom. The summed E-state index contributed by atoms with van der Waals surface area (Å²) < 4.78 is 31.2. The van der Waals surface area contributed by atoms with E-state index in [2.05, 4.69) is 0 Å². The molecule has 0 spiro atoms. The predicted molar refractivity (Wildman–Crippen MR) is 72.9 cm³/mol. The van der Waals surface area contributed by atoms with Gasteiger partial charge in [0.15, 0.2) is 0 Å². The molecular weight excluding hydrogens is 252 g/mol. The van der Waals surface area contributed by atoms with Crippen LogP contribution in [0.4, 0.5) is 0 Å². The number of hydrogen-bond acceptors (Lipinski definition) is 4. The second kappa shape index (κ2) is 8.09. The highest BCUT2D eigenvalue weighted by atomic mass is 32.2. The maximum atomic E-state index is 12.0. The fourth-order valence-corrected chi connectivity index (χ4v) is 3.74. The van der Waals surface area contributed by atoms with Gasteiger partial charge in [-0.25, -0.2) is 12.7 Å². The van der Waals surface area contributed by atoms with Crippen LogP contribution in [-0.4, -0.2) is 50.8 Å². The van der Waals surface area contributed by atoms with Gasteiger partial charge in [0.2, 0.25) is 10.0 Å². The smallest absolute Gasteiger partial charge is 0.214 e. The van der Waals surface area contributed by atoms with Crippen molar-refractivity contribution in [3.8, 4) is 0 Å². The molecule has 0 unspecified atom stereocenters. The van der Waals surface area contributed by atoms with Gasteiger partial charge in [0.1, 0.15) is 0 Å². The first-order valence-corrected chi connectivity index (χ1v) is 8.50. The molecule has 0 bridgehead atoms. The van der Waals surface area contributed by atoms with Gasteiger partial charge in [-0.15, -0.1) is 0 Å². The Balaban J connectivity index is 2.30. The van der Waals surface area contributed by atoms with E-state index < -0.39 is 10.0 Å². The standard InChI is InChI=1S/C12H26N2O3S/c1-2-3-11-18(15,16)14-8-5-12(6-9-14)17-10-4-7-13/h12H,2-11,13H2,1H3. The Hall–Kier alpha value is -0.170. The van der Waals surface area contributed by atoms with Crippen molar-refractivity contribution in [3.63, 3.8) is 0 Å². The quantitative estimate of drug-likeness (QED) is 0.671. The van der Waals surface area contributed by atoms with Crippen LogP contribution in [0.3, 0.4) is 0 Å². The van der Waals surface area contributed by atoms with Crippen LogP contribution in [0.15, 0.2) is 0 Å². The van der Waals surface area contributed by atoms with Crippen LogP contribution in [0.5, 0.6) is 0 Å². The summed E-state index contributed by atoms with van der Waals surface area (Å²) in [6.45, 7) is 4.53. The third kappa shape index (κ3) is 5.22. The van der Waals surface area contributed by atoms with Gasteiger partial charge in [0.25, 0.3) is 0 Å². The van der Waals surface area contributed by atoms with Crippen LogP contribution < -0.4 is 5.73 Å². The van der Waals surface area contributed by atoms with Gasteiger partial charge in [-0.3, -0.25) is 0 Å². The summed E-state index contributed by atoms with van der Waals surface area (Å²) in [5, 5.41) is 0. The Morgan fingerprint density at radius 1 is 1.28 bits per heavy atom. The molecular formula is C12H26N2O3S. The summed E-state index contributed by atoms with van der Waals surface area (Å²) in [5.74, 6) is 0.280. The first kappa shape index (κ1) is 15.9. The van der Waals surface area contributed by atoms with E-state index in [0.717, 1.165) is 32.1 Å². The van der Waals surface area contributed by atoms with Crippen molar-refractivity contribution in [3.05, 3.63) is 0 Å². The van der Waals surface area contributed by atoms with Crippen LogP contribution in [0, 0.1) is 0 Å². The molecule has 0 saturated carbocycles. The topological polar surface area (TPSA) is 72.6 Å². The number of nitrogens with zero attached hydrogens (tertiary/aromatic N) is 1. The normalized spacial score (nSPS) is 19.2. The molecule has 0 aromatic rings. The van der Waals surface area contributed by atoms with Gasteiger partial charge in [-0.2, -0.15) is 0 Å². The lowest BCUT2D eigenvalue weighted by molar-refractivity contribution is 0.0209. The van der Waals surface area contributed by atoms with Crippen LogP contribution in [0.25, 0.3) is 0 Å². The van der Waals surface area contributed by atoms with Crippen molar-refractivity contribution in [1.29, 1.82) is 0 Å². The lowest BCUT2D eigenvalue weighted by atomic mass is 10.1. The third-order valence-electron chi connectivity index (χ3n) is 3.25. The molecule has 1 heterocycles. The number of nitrogens with two attached hydrogens (primary N) is 1. The minimum Gasteiger partial charge on any atom is -0.378 e. The summed E-state index contributed by atoms with van der Waals surface area (Å²) >= 11 is 0.